The fraction of sp³-hybridized carbons (Fsp3) is 0.273. The summed E-state index contributed by atoms with van der Waals surface area (Å²) in [5, 5.41) is 2.07. The van der Waals surface area contributed by atoms with Crippen LogP contribution >= 0.6 is 11.3 Å². The summed E-state index contributed by atoms with van der Waals surface area (Å²) in [7, 11) is 0. The monoisotopic (exact) mass is 362 g/mol. The maximum atomic E-state index is 13.1. The summed E-state index contributed by atoms with van der Waals surface area (Å²) in [6.07, 6.45) is 5.95. The number of nitrogens with zero attached hydrogens (tertiary/aromatic N) is 2. The molecule has 1 amide bonds. The Bertz CT molecular complexity index is 890. The van der Waals surface area contributed by atoms with Crippen LogP contribution in [0.1, 0.15) is 39.6 Å². The number of aromatic nitrogens is 1. The molecule has 0 saturated heterocycles. The van der Waals surface area contributed by atoms with Gasteiger partial charge in [-0.1, -0.05) is 35.9 Å². The Morgan fingerprint density at radius 1 is 1.27 bits per heavy atom. The van der Waals surface area contributed by atoms with Gasteiger partial charge in [0.05, 0.1) is 6.04 Å². The maximum absolute atomic E-state index is 13.1. The van der Waals surface area contributed by atoms with Crippen LogP contribution in [0.5, 0.6) is 0 Å². The van der Waals surface area contributed by atoms with E-state index < -0.39 is 0 Å². The molecule has 3 aromatic rings. The van der Waals surface area contributed by atoms with Crippen molar-refractivity contribution in [3.63, 3.8) is 0 Å². The predicted molar refractivity (Wildman–Crippen MR) is 105 cm³/mol. The molecule has 1 aromatic carbocycles. The first kappa shape index (κ1) is 17.0. The van der Waals surface area contributed by atoms with Gasteiger partial charge in [-0.25, -0.2) is 0 Å². The Kier molecular flexibility index (Phi) is 4.85. The van der Waals surface area contributed by atoms with Crippen molar-refractivity contribution in [2.24, 2.45) is 0 Å². The summed E-state index contributed by atoms with van der Waals surface area (Å²) >= 11 is 1.72. The molecule has 3 heterocycles. The molecule has 1 aliphatic heterocycles. The Labute approximate surface area is 158 Å². The predicted octanol–water partition coefficient (Wildman–Crippen LogP) is 4.56. The minimum atomic E-state index is -0.0381. The van der Waals surface area contributed by atoms with Gasteiger partial charge >= 0.3 is 0 Å². The van der Waals surface area contributed by atoms with Crippen molar-refractivity contribution >= 4 is 17.2 Å². The first-order valence-electron chi connectivity index (χ1n) is 9.03. The quantitative estimate of drug-likeness (QED) is 0.682. The molecule has 0 radical (unpaired) electrons. The third kappa shape index (κ3) is 3.42. The Morgan fingerprint density at radius 3 is 2.96 bits per heavy atom. The molecule has 0 fully saturated rings. The van der Waals surface area contributed by atoms with Gasteiger partial charge in [0.15, 0.2) is 0 Å². The average Bonchev–Trinajstić information content (AvgIpc) is 3.19. The molecular weight excluding hydrogens is 340 g/mol. The number of carbonyl (C=O) groups is 1. The Balaban J connectivity index is 1.64. The van der Waals surface area contributed by atoms with Crippen LogP contribution in [-0.2, 0) is 17.6 Å². The van der Waals surface area contributed by atoms with Gasteiger partial charge in [-0.3, -0.25) is 9.78 Å². The van der Waals surface area contributed by atoms with Crippen LogP contribution in [0, 0.1) is 6.92 Å². The van der Waals surface area contributed by atoms with Gasteiger partial charge in [-0.05, 0) is 54.0 Å². The number of benzene rings is 1. The molecule has 4 heteroatoms. The SMILES string of the molecule is Cc1ccc2c(c1)CCN(C(=O)CCc1cccs1)C2c1cccnc1. The highest BCUT2D eigenvalue weighted by molar-refractivity contribution is 7.09. The smallest absolute Gasteiger partial charge is 0.223 e. The van der Waals surface area contributed by atoms with E-state index in [2.05, 4.69) is 47.6 Å². The zero-order valence-corrected chi connectivity index (χ0v) is 15.7. The number of pyridine rings is 1. The second kappa shape index (κ2) is 7.42. The lowest BCUT2D eigenvalue weighted by atomic mass is 9.87. The molecule has 4 rings (SSSR count). The normalized spacial score (nSPS) is 16.3. The highest BCUT2D eigenvalue weighted by Gasteiger charge is 2.31. The number of hydrogen-bond donors (Lipinski definition) is 0. The third-order valence-corrected chi connectivity index (χ3v) is 5.95. The van der Waals surface area contributed by atoms with Gasteiger partial charge < -0.3 is 4.90 Å². The number of hydrogen-bond acceptors (Lipinski definition) is 3. The lowest BCUT2D eigenvalue weighted by Crippen LogP contribution is -2.40. The third-order valence-electron chi connectivity index (χ3n) is 5.01. The van der Waals surface area contributed by atoms with Crippen molar-refractivity contribution in [1.29, 1.82) is 0 Å². The van der Waals surface area contributed by atoms with Crippen molar-refractivity contribution in [2.75, 3.05) is 6.54 Å². The van der Waals surface area contributed by atoms with E-state index in [1.54, 1.807) is 17.5 Å². The fourth-order valence-electron chi connectivity index (χ4n) is 3.75. The van der Waals surface area contributed by atoms with Crippen LogP contribution in [0.3, 0.4) is 0 Å². The standard InChI is InChI=1S/C22H22N2OS/c1-16-6-8-20-17(14-16)10-12-24(22(20)18-4-2-11-23-15-18)21(25)9-7-19-5-3-13-26-19/h2-6,8,11,13-15,22H,7,9-10,12H2,1H3. The van der Waals surface area contributed by atoms with Crippen LogP contribution in [0.4, 0.5) is 0 Å². The number of rotatable bonds is 4. The van der Waals surface area contributed by atoms with E-state index >= 15 is 0 Å². The number of thiophene rings is 1. The van der Waals surface area contributed by atoms with E-state index in [0.717, 1.165) is 24.9 Å². The lowest BCUT2D eigenvalue weighted by Gasteiger charge is -2.38. The van der Waals surface area contributed by atoms with Gasteiger partial charge in [0, 0.05) is 30.2 Å². The number of aryl methyl sites for hydroxylation is 2. The summed E-state index contributed by atoms with van der Waals surface area (Å²) in [4.78, 5) is 20.7. The zero-order valence-electron chi connectivity index (χ0n) is 14.9. The van der Waals surface area contributed by atoms with Crippen LogP contribution in [0.15, 0.2) is 60.2 Å². The van der Waals surface area contributed by atoms with Gasteiger partial charge in [0.25, 0.3) is 0 Å². The average molecular weight is 362 g/mol. The molecule has 0 spiro atoms. The molecule has 3 nitrogen and oxygen atoms in total. The molecule has 0 bridgehead atoms. The molecule has 0 aliphatic carbocycles. The molecule has 132 valence electrons. The topological polar surface area (TPSA) is 33.2 Å². The molecule has 0 N–H and O–H groups in total. The van der Waals surface area contributed by atoms with E-state index in [1.165, 1.54) is 21.6 Å². The maximum Gasteiger partial charge on any atom is 0.223 e. The highest BCUT2D eigenvalue weighted by atomic mass is 32.1. The second-order valence-corrected chi connectivity index (χ2v) is 7.84. The van der Waals surface area contributed by atoms with E-state index in [1.807, 2.05) is 23.2 Å². The number of carbonyl (C=O) groups excluding carboxylic acids is 1. The van der Waals surface area contributed by atoms with Crippen molar-refractivity contribution in [2.45, 2.75) is 32.2 Å². The summed E-state index contributed by atoms with van der Waals surface area (Å²) in [6.45, 7) is 2.89. The minimum absolute atomic E-state index is 0.0381. The number of fused-ring (bicyclic) bond motifs is 1. The van der Waals surface area contributed by atoms with Crippen molar-refractivity contribution in [3.8, 4) is 0 Å². The Hall–Kier alpha value is -2.46. The van der Waals surface area contributed by atoms with Gasteiger partial charge in [-0.15, -0.1) is 11.3 Å². The summed E-state index contributed by atoms with van der Waals surface area (Å²) in [6, 6.07) is 14.7. The molecular formula is C22H22N2OS. The fourth-order valence-corrected chi connectivity index (χ4v) is 4.46. The molecule has 1 atom stereocenters. The Morgan fingerprint density at radius 2 is 2.19 bits per heavy atom. The van der Waals surface area contributed by atoms with Crippen molar-refractivity contribution in [3.05, 3.63) is 87.4 Å². The first-order valence-corrected chi connectivity index (χ1v) is 9.91. The second-order valence-electron chi connectivity index (χ2n) is 6.81. The van der Waals surface area contributed by atoms with Crippen LogP contribution < -0.4 is 0 Å². The van der Waals surface area contributed by atoms with E-state index in [9.17, 15) is 4.79 Å². The van der Waals surface area contributed by atoms with Crippen LogP contribution in [0.25, 0.3) is 0 Å². The number of amides is 1. The molecule has 2 aromatic heterocycles. The van der Waals surface area contributed by atoms with Gasteiger partial charge in [0.1, 0.15) is 0 Å². The summed E-state index contributed by atoms with van der Waals surface area (Å²) < 4.78 is 0. The van der Waals surface area contributed by atoms with Crippen LogP contribution in [-0.4, -0.2) is 22.3 Å². The van der Waals surface area contributed by atoms with E-state index in [0.29, 0.717) is 6.42 Å². The molecule has 1 aliphatic rings. The lowest BCUT2D eigenvalue weighted by molar-refractivity contribution is -0.133. The molecule has 0 saturated carbocycles. The van der Waals surface area contributed by atoms with Crippen molar-refractivity contribution < 1.29 is 4.79 Å². The summed E-state index contributed by atoms with van der Waals surface area (Å²) in [5.41, 5.74) is 4.94. The first-order chi connectivity index (χ1) is 12.7. The van der Waals surface area contributed by atoms with E-state index in [-0.39, 0.29) is 11.9 Å². The van der Waals surface area contributed by atoms with Crippen molar-refractivity contribution in [1.82, 2.24) is 9.88 Å². The zero-order chi connectivity index (χ0) is 17.9. The molecule has 26 heavy (non-hydrogen) atoms. The van der Waals surface area contributed by atoms with Crippen LogP contribution in [0.2, 0.25) is 0 Å². The van der Waals surface area contributed by atoms with E-state index in [4.69, 9.17) is 0 Å². The summed E-state index contributed by atoms with van der Waals surface area (Å²) in [5.74, 6) is 0.221. The minimum Gasteiger partial charge on any atom is -0.331 e. The van der Waals surface area contributed by atoms with Gasteiger partial charge in [0.2, 0.25) is 5.91 Å². The van der Waals surface area contributed by atoms with Gasteiger partial charge in [-0.2, -0.15) is 0 Å². The highest BCUT2D eigenvalue weighted by Crippen LogP contribution is 2.35. The molecule has 1 unspecified atom stereocenters. The largest absolute Gasteiger partial charge is 0.331 e.